The Morgan fingerprint density at radius 2 is 1.67 bits per heavy atom. The maximum absolute atomic E-state index is 11.5. The van der Waals surface area contributed by atoms with E-state index in [-0.39, 0.29) is 5.92 Å². The van der Waals surface area contributed by atoms with Gasteiger partial charge >= 0.3 is 0 Å². The summed E-state index contributed by atoms with van der Waals surface area (Å²) in [4.78, 5) is 0. The molecule has 1 aromatic carbocycles. The Labute approximate surface area is 86.9 Å². The third-order valence-electron chi connectivity index (χ3n) is 1.80. The van der Waals surface area contributed by atoms with Crippen molar-refractivity contribution in [1.29, 1.82) is 0 Å². The molecule has 1 rings (SSSR count). The lowest BCUT2D eigenvalue weighted by molar-refractivity contribution is 0.0488. The molecule has 1 atom stereocenters. The van der Waals surface area contributed by atoms with Crippen LogP contribution in [0.2, 0.25) is 0 Å². The molecule has 0 aliphatic heterocycles. The first kappa shape index (κ1) is 9.99. The van der Waals surface area contributed by atoms with Crippen LogP contribution in [-0.4, -0.2) is 0 Å². The van der Waals surface area contributed by atoms with Crippen molar-refractivity contribution in [2.24, 2.45) is 5.92 Å². The highest BCUT2D eigenvalue weighted by Gasteiger charge is 2.12. The van der Waals surface area contributed by atoms with Gasteiger partial charge in [-0.25, -0.2) is 5.11 Å². The van der Waals surface area contributed by atoms with Crippen LogP contribution >= 0.6 is 22.6 Å². The summed E-state index contributed by atoms with van der Waals surface area (Å²) in [5, 5.41) is 11.5. The summed E-state index contributed by atoms with van der Waals surface area (Å²) >= 11 is 2.24. The minimum Gasteiger partial charge on any atom is -0.228 e. The molecular formula is C10H12IO. The van der Waals surface area contributed by atoms with Crippen molar-refractivity contribution in [3.8, 4) is 0 Å². The molecule has 0 N–H and O–H groups in total. The molecule has 0 bridgehead atoms. The van der Waals surface area contributed by atoms with Crippen LogP contribution in [0.3, 0.4) is 0 Å². The van der Waals surface area contributed by atoms with Crippen molar-refractivity contribution in [2.75, 3.05) is 0 Å². The highest BCUT2D eigenvalue weighted by molar-refractivity contribution is 14.1. The van der Waals surface area contributed by atoms with Crippen LogP contribution in [-0.2, 0) is 5.11 Å². The van der Waals surface area contributed by atoms with Crippen LogP contribution in [0.4, 0.5) is 0 Å². The van der Waals surface area contributed by atoms with Crippen LogP contribution in [0.15, 0.2) is 24.3 Å². The Morgan fingerprint density at radius 1 is 1.17 bits per heavy atom. The van der Waals surface area contributed by atoms with Crippen molar-refractivity contribution in [3.05, 3.63) is 33.4 Å². The van der Waals surface area contributed by atoms with Crippen LogP contribution < -0.4 is 0 Å². The Kier molecular flexibility index (Phi) is 3.53. The van der Waals surface area contributed by atoms with Gasteiger partial charge in [0.1, 0.15) is 6.10 Å². The molecule has 1 radical (unpaired) electrons. The molecule has 1 nitrogen and oxygen atoms in total. The highest BCUT2D eigenvalue weighted by Crippen LogP contribution is 2.22. The zero-order chi connectivity index (χ0) is 9.14. The Bertz CT molecular complexity index is 241. The lowest BCUT2D eigenvalue weighted by atomic mass is 10.00. The lowest BCUT2D eigenvalue weighted by Crippen LogP contribution is -2.03. The van der Waals surface area contributed by atoms with Gasteiger partial charge in [0, 0.05) is 3.57 Å². The second-order valence-corrected chi connectivity index (χ2v) is 4.46. The number of benzene rings is 1. The monoisotopic (exact) mass is 275 g/mol. The van der Waals surface area contributed by atoms with E-state index in [4.69, 9.17) is 0 Å². The van der Waals surface area contributed by atoms with Gasteiger partial charge in [0.25, 0.3) is 0 Å². The third kappa shape index (κ3) is 2.45. The maximum atomic E-state index is 11.5. The first-order valence-corrected chi connectivity index (χ1v) is 5.10. The molecule has 0 aromatic heterocycles. The minimum atomic E-state index is -0.581. The largest absolute Gasteiger partial charge is 0.228 e. The molecule has 1 unspecified atom stereocenters. The van der Waals surface area contributed by atoms with E-state index in [1.807, 2.05) is 38.1 Å². The van der Waals surface area contributed by atoms with Gasteiger partial charge in [-0.3, -0.25) is 0 Å². The standard InChI is InChI=1S/C10H12IO/c1-7(2)10(12)8-3-5-9(11)6-4-8/h3-7,10H,1-2H3. The summed E-state index contributed by atoms with van der Waals surface area (Å²) in [7, 11) is 0. The fourth-order valence-electron chi connectivity index (χ4n) is 1.04. The van der Waals surface area contributed by atoms with Gasteiger partial charge in [-0.15, -0.1) is 0 Å². The summed E-state index contributed by atoms with van der Waals surface area (Å²) in [6, 6.07) is 7.78. The maximum Gasteiger partial charge on any atom is 0.120 e. The van der Waals surface area contributed by atoms with Gasteiger partial charge in [-0.05, 0) is 46.2 Å². The second kappa shape index (κ2) is 4.23. The molecule has 0 saturated heterocycles. The average Bonchev–Trinajstić information content (AvgIpc) is 2.04. The molecule has 0 spiro atoms. The van der Waals surface area contributed by atoms with E-state index in [1.165, 1.54) is 3.57 Å². The molecule has 2 heteroatoms. The zero-order valence-corrected chi connectivity index (χ0v) is 9.41. The van der Waals surface area contributed by atoms with Gasteiger partial charge in [0.2, 0.25) is 0 Å². The van der Waals surface area contributed by atoms with Crippen LogP contribution in [0.1, 0.15) is 25.5 Å². The first-order valence-electron chi connectivity index (χ1n) is 4.02. The fourth-order valence-corrected chi connectivity index (χ4v) is 1.40. The molecule has 0 aliphatic rings. The minimum absolute atomic E-state index is 0.171. The predicted octanol–water partition coefficient (Wildman–Crippen LogP) is 3.42. The van der Waals surface area contributed by atoms with E-state index < -0.39 is 6.10 Å². The lowest BCUT2D eigenvalue weighted by Gasteiger charge is -2.11. The molecule has 0 aliphatic carbocycles. The topological polar surface area (TPSA) is 19.9 Å². The summed E-state index contributed by atoms with van der Waals surface area (Å²) in [6.07, 6.45) is -0.581. The molecule has 0 saturated carbocycles. The van der Waals surface area contributed by atoms with Crippen LogP contribution in [0, 0.1) is 9.49 Å². The van der Waals surface area contributed by atoms with Gasteiger partial charge in [-0.2, -0.15) is 0 Å². The molecule has 0 heterocycles. The Hall–Kier alpha value is -0.0900. The zero-order valence-electron chi connectivity index (χ0n) is 7.25. The van der Waals surface area contributed by atoms with Gasteiger partial charge in [0.05, 0.1) is 0 Å². The van der Waals surface area contributed by atoms with Crippen molar-refractivity contribution in [3.63, 3.8) is 0 Å². The van der Waals surface area contributed by atoms with Crippen molar-refractivity contribution >= 4 is 22.6 Å². The van der Waals surface area contributed by atoms with E-state index in [0.717, 1.165) is 5.56 Å². The van der Waals surface area contributed by atoms with Crippen molar-refractivity contribution in [1.82, 2.24) is 0 Å². The summed E-state index contributed by atoms with van der Waals surface area (Å²) < 4.78 is 1.17. The van der Waals surface area contributed by atoms with Crippen LogP contribution in [0.5, 0.6) is 0 Å². The Morgan fingerprint density at radius 3 is 2.08 bits per heavy atom. The molecule has 65 valence electrons. The van der Waals surface area contributed by atoms with E-state index >= 15 is 0 Å². The summed E-state index contributed by atoms with van der Waals surface area (Å²) in [6.45, 7) is 3.91. The third-order valence-corrected chi connectivity index (χ3v) is 2.52. The first-order chi connectivity index (χ1) is 5.61. The van der Waals surface area contributed by atoms with E-state index in [1.54, 1.807) is 0 Å². The quantitative estimate of drug-likeness (QED) is 0.737. The number of rotatable bonds is 2. The molecule has 1 aromatic rings. The van der Waals surface area contributed by atoms with Gasteiger partial charge < -0.3 is 0 Å². The highest BCUT2D eigenvalue weighted by atomic mass is 127. The van der Waals surface area contributed by atoms with Gasteiger partial charge in [0.15, 0.2) is 0 Å². The SMILES string of the molecule is CC(C)C([O])c1ccc(I)cc1. The molecule has 12 heavy (non-hydrogen) atoms. The predicted molar refractivity (Wildman–Crippen MR) is 57.4 cm³/mol. The molecule has 0 fully saturated rings. The fraction of sp³-hybridized carbons (Fsp3) is 0.400. The van der Waals surface area contributed by atoms with Crippen molar-refractivity contribution in [2.45, 2.75) is 20.0 Å². The summed E-state index contributed by atoms with van der Waals surface area (Å²) in [5.41, 5.74) is 0.894. The average molecular weight is 275 g/mol. The molecular weight excluding hydrogens is 263 g/mol. The van der Waals surface area contributed by atoms with Crippen molar-refractivity contribution < 1.29 is 5.11 Å². The number of halogens is 1. The number of hydrogen-bond acceptors (Lipinski definition) is 0. The molecule has 0 amide bonds. The van der Waals surface area contributed by atoms with E-state index in [2.05, 4.69) is 22.6 Å². The smallest absolute Gasteiger partial charge is 0.120 e. The normalized spacial score (nSPS) is 13.4. The van der Waals surface area contributed by atoms with E-state index in [0.29, 0.717) is 0 Å². The summed E-state index contributed by atoms with van der Waals surface area (Å²) in [5.74, 6) is 0.171. The second-order valence-electron chi connectivity index (χ2n) is 3.22. The van der Waals surface area contributed by atoms with Gasteiger partial charge in [-0.1, -0.05) is 26.0 Å². The van der Waals surface area contributed by atoms with Crippen LogP contribution in [0.25, 0.3) is 0 Å². The Balaban J connectivity index is 2.82. The number of hydrogen-bond donors (Lipinski definition) is 0. The van der Waals surface area contributed by atoms with E-state index in [9.17, 15) is 5.11 Å².